The van der Waals surface area contributed by atoms with E-state index in [4.69, 9.17) is 4.74 Å². The molecule has 0 radical (unpaired) electrons. The maximum Gasteiger partial charge on any atom is 0.257 e. The number of carbonyl (C=O) groups is 1. The van der Waals surface area contributed by atoms with E-state index in [1.807, 2.05) is 63.1 Å². The third-order valence-electron chi connectivity index (χ3n) is 5.43. The number of hydrogen-bond donors (Lipinski definition) is 0. The van der Waals surface area contributed by atoms with Crippen molar-refractivity contribution in [2.45, 2.75) is 39.7 Å². The van der Waals surface area contributed by atoms with Crippen molar-refractivity contribution >= 4 is 5.91 Å². The molecule has 1 atom stereocenters. The van der Waals surface area contributed by atoms with Crippen molar-refractivity contribution in [1.29, 1.82) is 0 Å². The molecule has 3 aromatic rings. The van der Waals surface area contributed by atoms with Gasteiger partial charge in [-0.3, -0.25) is 9.48 Å². The second kappa shape index (κ2) is 7.66. The molecule has 0 aliphatic carbocycles. The number of hydrogen-bond acceptors (Lipinski definition) is 5. The van der Waals surface area contributed by atoms with Gasteiger partial charge in [0.15, 0.2) is 5.82 Å². The van der Waals surface area contributed by atoms with Crippen molar-refractivity contribution in [3.63, 3.8) is 0 Å². The van der Waals surface area contributed by atoms with Gasteiger partial charge < -0.3 is 9.64 Å². The third-order valence-corrected chi connectivity index (χ3v) is 5.43. The van der Waals surface area contributed by atoms with E-state index in [0.717, 1.165) is 35.5 Å². The summed E-state index contributed by atoms with van der Waals surface area (Å²) in [6.07, 6.45) is 3.39. The minimum atomic E-state index is -0.166. The summed E-state index contributed by atoms with van der Waals surface area (Å²) in [4.78, 5) is 24.3. The van der Waals surface area contributed by atoms with Crippen molar-refractivity contribution in [2.75, 3.05) is 6.54 Å². The van der Waals surface area contributed by atoms with Crippen LogP contribution < -0.4 is 4.74 Å². The summed E-state index contributed by atoms with van der Waals surface area (Å²) in [7, 11) is 1.84. The molecule has 0 saturated carbocycles. The summed E-state index contributed by atoms with van der Waals surface area (Å²) in [6.45, 7) is 6.51. The molecule has 1 amide bonds. The minimum absolute atomic E-state index is 0.0235. The first kappa shape index (κ1) is 19.1. The number of rotatable bonds is 4. The van der Waals surface area contributed by atoms with Gasteiger partial charge in [0, 0.05) is 31.0 Å². The Balaban J connectivity index is 1.63. The molecule has 4 rings (SSSR count). The number of aromatic nitrogens is 4. The highest BCUT2D eigenvalue weighted by Crippen LogP contribution is 2.33. The zero-order valence-electron chi connectivity index (χ0n) is 17.2. The van der Waals surface area contributed by atoms with E-state index in [1.54, 1.807) is 10.9 Å². The normalized spacial score (nSPS) is 16.3. The molecule has 1 aliphatic heterocycles. The van der Waals surface area contributed by atoms with Crippen LogP contribution in [0.15, 0.2) is 36.5 Å². The first-order valence-corrected chi connectivity index (χ1v) is 9.82. The second-order valence-corrected chi connectivity index (χ2v) is 7.50. The lowest BCUT2D eigenvalue weighted by Crippen LogP contribution is -2.32. The maximum absolute atomic E-state index is 13.2. The fraction of sp³-hybridized carbons (Fsp3) is 0.364. The Kier molecular flexibility index (Phi) is 5.05. The Morgan fingerprint density at radius 1 is 1.17 bits per heavy atom. The highest BCUT2D eigenvalue weighted by molar-refractivity contribution is 5.95. The van der Waals surface area contributed by atoms with Crippen LogP contribution >= 0.6 is 0 Å². The first-order chi connectivity index (χ1) is 13.9. The van der Waals surface area contributed by atoms with Gasteiger partial charge in [-0.25, -0.2) is 4.98 Å². The zero-order chi connectivity index (χ0) is 20.5. The molecule has 3 heterocycles. The molecule has 29 heavy (non-hydrogen) atoms. The van der Waals surface area contributed by atoms with E-state index in [0.29, 0.717) is 23.8 Å². The van der Waals surface area contributed by atoms with Crippen molar-refractivity contribution in [2.24, 2.45) is 7.05 Å². The van der Waals surface area contributed by atoms with E-state index < -0.39 is 0 Å². The quantitative estimate of drug-likeness (QED) is 0.674. The fourth-order valence-electron chi connectivity index (χ4n) is 3.69. The Morgan fingerprint density at radius 2 is 1.97 bits per heavy atom. The number of benzene rings is 1. The van der Waals surface area contributed by atoms with Gasteiger partial charge in [-0.05, 0) is 45.2 Å². The average Bonchev–Trinajstić information content (AvgIpc) is 3.30. The fourth-order valence-corrected chi connectivity index (χ4v) is 3.69. The van der Waals surface area contributed by atoms with Crippen molar-refractivity contribution < 1.29 is 9.53 Å². The monoisotopic (exact) mass is 391 g/mol. The number of carbonyl (C=O) groups excluding carboxylic acids is 1. The van der Waals surface area contributed by atoms with Gasteiger partial charge in [0.05, 0.1) is 17.8 Å². The predicted molar refractivity (Wildman–Crippen MR) is 109 cm³/mol. The summed E-state index contributed by atoms with van der Waals surface area (Å²) in [5.74, 6) is 1.87. The van der Waals surface area contributed by atoms with E-state index in [-0.39, 0.29) is 11.9 Å². The van der Waals surface area contributed by atoms with Crippen LogP contribution in [0.3, 0.4) is 0 Å². The molecule has 7 nitrogen and oxygen atoms in total. The van der Waals surface area contributed by atoms with Crippen LogP contribution in [0.5, 0.6) is 11.6 Å². The molecule has 1 saturated heterocycles. The van der Waals surface area contributed by atoms with Crippen LogP contribution in [-0.2, 0) is 7.05 Å². The molecule has 1 aliphatic rings. The zero-order valence-corrected chi connectivity index (χ0v) is 17.2. The molecule has 1 fully saturated rings. The van der Waals surface area contributed by atoms with Gasteiger partial charge in [0.1, 0.15) is 5.75 Å². The predicted octanol–water partition coefficient (Wildman–Crippen LogP) is 3.90. The van der Waals surface area contributed by atoms with Crippen LogP contribution in [0.25, 0.3) is 0 Å². The lowest BCUT2D eigenvalue weighted by Gasteiger charge is -2.24. The Labute approximate surface area is 170 Å². The van der Waals surface area contributed by atoms with Crippen LogP contribution in [0.1, 0.15) is 52.0 Å². The SMILES string of the molecule is Cc1cc(Oc2ccccc2C)nc(C2CCCN2C(=O)c2cnn(C)c2C)n1. The molecule has 2 aromatic heterocycles. The van der Waals surface area contributed by atoms with Gasteiger partial charge >= 0.3 is 0 Å². The lowest BCUT2D eigenvalue weighted by molar-refractivity contribution is 0.0728. The topological polar surface area (TPSA) is 73.1 Å². The highest BCUT2D eigenvalue weighted by atomic mass is 16.5. The maximum atomic E-state index is 13.2. The highest BCUT2D eigenvalue weighted by Gasteiger charge is 2.34. The van der Waals surface area contributed by atoms with Crippen molar-refractivity contribution in [3.8, 4) is 11.6 Å². The Hall–Kier alpha value is -3.22. The summed E-state index contributed by atoms with van der Waals surface area (Å²) in [5, 5.41) is 4.21. The average molecular weight is 391 g/mol. The van der Waals surface area contributed by atoms with Gasteiger partial charge in [-0.15, -0.1) is 0 Å². The van der Waals surface area contributed by atoms with Crippen LogP contribution in [0.4, 0.5) is 0 Å². The van der Waals surface area contributed by atoms with E-state index in [1.165, 1.54) is 0 Å². The summed E-state index contributed by atoms with van der Waals surface area (Å²) >= 11 is 0. The van der Waals surface area contributed by atoms with Gasteiger partial charge in [0.2, 0.25) is 5.88 Å². The molecular formula is C22H25N5O2. The molecule has 150 valence electrons. The van der Waals surface area contributed by atoms with Crippen LogP contribution in [0.2, 0.25) is 0 Å². The standard InChI is InChI=1S/C22H25N5O2/c1-14-8-5-6-10-19(14)29-20-12-15(2)24-21(25-20)18-9-7-11-27(18)22(28)17-13-23-26(4)16(17)3/h5-6,8,10,12-13,18H,7,9,11H2,1-4H3. The summed E-state index contributed by atoms with van der Waals surface area (Å²) in [6, 6.07) is 9.48. The molecular weight excluding hydrogens is 366 g/mol. The largest absolute Gasteiger partial charge is 0.439 e. The van der Waals surface area contributed by atoms with Crippen molar-refractivity contribution in [3.05, 3.63) is 64.9 Å². The van der Waals surface area contributed by atoms with E-state index in [9.17, 15) is 4.79 Å². The number of aryl methyl sites for hydroxylation is 3. The lowest BCUT2D eigenvalue weighted by atomic mass is 10.1. The smallest absolute Gasteiger partial charge is 0.257 e. The number of nitrogens with zero attached hydrogens (tertiary/aromatic N) is 5. The number of likely N-dealkylation sites (tertiary alicyclic amines) is 1. The van der Waals surface area contributed by atoms with Crippen LogP contribution in [0, 0.1) is 20.8 Å². The molecule has 0 N–H and O–H groups in total. The second-order valence-electron chi connectivity index (χ2n) is 7.50. The minimum Gasteiger partial charge on any atom is -0.439 e. The number of para-hydroxylation sites is 1. The number of ether oxygens (including phenoxy) is 1. The van der Waals surface area contributed by atoms with Gasteiger partial charge in [0.25, 0.3) is 5.91 Å². The van der Waals surface area contributed by atoms with E-state index in [2.05, 4.69) is 15.1 Å². The van der Waals surface area contributed by atoms with Crippen LogP contribution in [-0.4, -0.2) is 37.1 Å². The van der Waals surface area contributed by atoms with Gasteiger partial charge in [-0.2, -0.15) is 10.1 Å². The third kappa shape index (κ3) is 3.72. The van der Waals surface area contributed by atoms with E-state index >= 15 is 0 Å². The summed E-state index contributed by atoms with van der Waals surface area (Å²) in [5.41, 5.74) is 3.34. The molecule has 7 heteroatoms. The first-order valence-electron chi connectivity index (χ1n) is 9.82. The molecule has 0 bridgehead atoms. The Morgan fingerprint density at radius 3 is 2.69 bits per heavy atom. The molecule has 1 unspecified atom stereocenters. The number of amides is 1. The van der Waals surface area contributed by atoms with Crippen molar-refractivity contribution in [1.82, 2.24) is 24.6 Å². The Bertz CT molecular complexity index is 1060. The molecule has 0 spiro atoms. The summed E-state index contributed by atoms with van der Waals surface area (Å²) < 4.78 is 7.74. The molecule has 1 aromatic carbocycles. The van der Waals surface area contributed by atoms with Gasteiger partial charge in [-0.1, -0.05) is 18.2 Å².